The zero-order valence-electron chi connectivity index (χ0n) is 13.5. The van der Waals surface area contributed by atoms with Crippen molar-refractivity contribution in [3.05, 3.63) is 92.9 Å². The van der Waals surface area contributed by atoms with Crippen LogP contribution in [0.4, 0.5) is 0 Å². The molecule has 3 rings (SSSR count). The Bertz CT molecular complexity index is 897. The Hall–Kier alpha value is -1.70. The average Bonchev–Trinajstić information content (AvgIpc) is 2.67. The van der Waals surface area contributed by atoms with Crippen LogP contribution in [0.25, 0.3) is 12.2 Å². The van der Waals surface area contributed by atoms with Gasteiger partial charge in [-0.25, -0.2) is 0 Å². The summed E-state index contributed by atoms with van der Waals surface area (Å²) in [7, 11) is -0.110. The lowest BCUT2D eigenvalue weighted by molar-refractivity contribution is 0.516. The smallest absolute Gasteiger partial charge is 0.275 e. The summed E-state index contributed by atoms with van der Waals surface area (Å²) in [6, 6.07) is 20.6. The SMILES string of the molecule is Clc1ccc(Cl)c(/C=C/c2ccc(OPOc3ccccc3)cc2)c1Cl. The van der Waals surface area contributed by atoms with Gasteiger partial charge in [0.2, 0.25) is 0 Å². The van der Waals surface area contributed by atoms with Crippen molar-refractivity contribution >= 4 is 56.0 Å². The topological polar surface area (TPSA) is 18.5 Å². The van der Waals surface area contributed by atoms with Crippen molar-refractivity contribution in [2.45, 2.75) is 0 Å². The molecule has 0 fully saturated rings. The fourth-order valence-corrected chi connectivity index (χ4v) is 3.30. The van der Waals surface area contributed by atoms with Crippen molar-refractivity contribution in [1.29, 1.82) is 0 Å². The van der Waals surface area contributed by atoms with Crippen molar-refractivity contribution < 1.29 is 9.05 Å². The molecular weight excluding hydrogens is 410 g/mol. The maximum atomic E-state index is 6.20. The summed E-state index contributed by atoms with van der Waals surface area (Å²) in [4.78, 5) is 0. The molecule has 0 saturated heterocycles. The molecule has 132 valence electrons. The molecule has 0 saturated carbocycles. The molecule has 0 aromatic heterocycles. The summed E-state index contributed by atoms with van der Waals surface area (Å²) in [6.07, 6.45) is 3.75. The molecule has 0 bridgehead atoms. The minimum Gasteiger partial charge on any atom is -0.441 e. The molecule has 1 unspecified atom stereocenters. The van der Waals surface area contributed by atoms with Gasteiger partial charge in [-0.15, -0.1) is 0 Å². The van der Waals surface area contributed by atoms with Crippen LogP contribution >= 0.6 is 43.8 Å². The van der Waals surface area contributed by atoms with Crippen LogP contribution in [-0.4, -0.2) is 0 Å². The normalized spacial score (nSPS) is 11.3. The van der Waals surface area contributed by atoms with E-state index >= 15 is 0 Å². The first kappa shape index (κ1) is 19.1. The Morgan fingerprint density at radius 3 is 1.96 bits per heavy atom. The van der Waals surface area contributed by atoms with E-state index in [2.05, 4.69) is 0 Å². The van der Waals surface area contributed by atoms with E-state index in [-0.39, 0.29) is 9.03 Å². The van der Waals surface area contributed by atoms with Gasteiger partial charge in [-0.2, -0.15) is 0 Å². The highest BCUT2D eigenvalue weighted by atomic mass is 35.5. The highest BCUT2D eigenvalue weighted by molar-refractivity contribution is 7.27. The van der Waals surface area contributed by atoms with Gasteiger partial charge in [0.1, 0.15) is 11.5 Å². The lowest BCUT2D eigenvalue weighted by Gasteiger charge is -2.07. The Labute approximate surface area is 169 Å². The monoisotopic (exact) mass is 422 g/mol. The van der Waals surface area contributed by atoms with E-state index in [9.17, 15) is 0 Å². The van der Waals surface area contributed by atoms with Gasteiger partial charge in [0.15, 0.2) is 0 Å². The minimum atomic E-state index is -0.110. The van der Waals surface area contributed by atoms with E-state index < -0.39 is 0 Å². The second-order valence-electron chi connectivity index (χ2n) is 5.26. The quantitative estimate of drug-likeness (QED) is 0.229. The predicted octanol–water partition coefficient (Wildman–Crippen LogP) is 7.78. The Morgan fingerprint density at radius 1 is 0.654 bits per heavy atom. The van der Waals surface area contributed by atoms with Crippen LogP contribution in [0, 0.1) is 0 Å². The molecule has 0 heterocycles. The third kappa shape index (κ3) is 5.16. The standard InChI is InChI=1S/C20H14Cl3O2P/c21-18-12-13-19(22)20(23)17(18)11-8-14-6-9-16(10-7-14)25-26-24-15-4-2-1-3-5-15/h1-13,26H/b11-8+. The van der Waals surface area contributed by atoms with Gasteiger partial charge in [-0.1, -0.05) is 77.3 Å². The number of hydrogen-bond acceptors (Lipinski definition) is 2. The lowest BCUT2D eigenvalue weighted by atomic mass is 10.1. The maximum Gasteiger partial charge on any atom is 0.275 e. The number of rotatable bonds is 6. The zero-order valence-corrected chi connectivity index (χ0v) is 16.7. The largest absolute Gasteiger partial charge is 0.441 e. The summed E-state index contributed by atoms with van der Waals surface area (Å²) < 4.78 is 11.1. The van der Waals surface area contributed by atoms with Crippen LogP contribution in [0.3, 0.4) is 0 Å². The van der Waals surface area contributed by atoms with Gasteiger partial charge in [0.25, 0.3) is 9.03 Å². The molecule has 0 amide bonds. The first-order valence-electron chi connectivity index (χ1n) is 7.69. The van der Waals surface area contributed by atoms with Crippen LogP contribution in [0.5, 0.6) is 11.5 Å². The summed E-state index contributed by atoms with van der Waals surface area (Å²) in [5, 5.41) is 1.46. The third-order valence-electron chi connectivity index (χ3n) is 3.46. The van der Waals surface area contributed by atoms with Crippen LogP contribution < -0.4 is 9.05 Å². The van der Waals surface area contributed by atoms with E-state index in [0.29, 0.717) is 20.6 Å². The van der Waals surface area contributed by atoms with Gasteiger partial charge < -0.3 is 9.05 Å². The van der Waals surface area contributed by atoms with E-state index in [4.69, 9.17) is 43.9 Å². The molecule has 1 atom stereocenters. The van der Waals surface area contributed by atoms with E-state index in [1.54, 1.807) is 12.1 Å². The Kier molecular flexibility index (Phi) is 6.82. The highest BCUT2D eigenvalue weighted by Gasteiger charge is 2.06. The maximum absolute atomic E-state index is 6.20. The molecule has 0 aliphatic rings. The van der Waals surface area contributed by atoms with E-state index in [0.717, 1.165) is 17.1 Å². The van der Waals surface area contributed by atoms with E-state index in [1.165, 1.54) is 0 Å². The predicted molar refractivity (Wildman–Crippen MR) is 113 cm³/mol. The summed E-state index contributed by atoms with van der Waals surface area (Å²) in [5.41, 5.74) is 1.68. The van der Waals surface area contributed by atoms with Crippen LogP contribution in [-0.2, 0) is 0 Å². The number of hydrogen-bond donors (Lipinski definition) is 0. The highest BCUT2D eigenvalue weighted by Crippen LogP contribution is 2.33. The third-order valence-corrected chi connectivity index (χ3v) is 5.25. The molecule has 0 N–H and O–H groups in total. The molecule has 3 aromatic carbocycles. The number of benzene rings is 3. The van der Waals surface area contributed by atoms with Crippen molar-refractivity contribution in [3.63, 3.8) is 0 Å². The summed E-state index contributed by atoms with van der Waals surface area (Å²) in [6.45, 7) is 0. The van der Waals surface area contributed by atoms with Crippen LogP contribution in [0.15, 0.2) is 66.7 Å². The van der Waals surface area contributed by atoms with Crippen molar-refractivity contribution in [2.75, 3.05) is 0 Å². The molecule has 0 radical (unpaired) electrons. The molecule has 0 aliphatic carbocycles. The first-order chi connectivity index (χ1) is 12.6. The fraction of sp³-hybridized carbons (Fsp3) is 0. The molecular formula is C20H14Cl3O2P. The van der Waals surface area contributed by atoms with E-state index in [1.807, 2.05) is 66.7 Å². The molecule has 0 aliphatic heterocycles. The van der Waals surface area contributed by atoms with Crippen molar-refractivity contribution in [3.8, 4) is 11.5 Å². The van der Waals surface area contributed by atoms with Crippen molar-refractivity contribution in [2.24, 2.45) is 0 Å². The summed E-state index contributed by atoms with van der Waals surface area (Å²) >= 11 is 18.4. The number of para-hydroxylation sites is 1. The first-order valence-corrected chi connectivity index (χ1v) is 9.64. The molecule has 6 heteroatoms. The summed E-state index contributed by atoms with van der Waals surface area (Å²) in [5.74, 6) is 1.51. The van der Waals surface area contributed by atoms with Crippen molar-refractivity contribution in [1.82, 2.24) is 0 Å². The zero-order chi connectivity index (χ0) is 18.4. The van der Waals surface area contributed by atoms with Gasteiger partial charge in [-0.05, 0) is 42.0 Å². The molecule has 26 heavy (non-hydrogen) atoms. The molecule has 2 nitrogen and oxygen atoms in total. The second-order valence-corrected chi connectivity index (χ2v) is 7.03. The molecule has 3 aromatic rings. The average molecular weight is 424 g/mol. The van der Waals surface area contributed by atoms with Gasteiger partial charge >= 0.3 is 0 Å². The van der Waals surface area contributed by atoms with Gasteiger partial charge in [0.05, 0.1) is 10.0 Å². The van der Waals surface area contributed by atoms with Gasteiger partial charge in [-0.3, -0.25) is 0 Å². The second kappa shape index (κ2) is 9.30. The Balaban J connectivity index is 1.60. The van der Waals surface area contributed by atoms with Gasteiger partial charge in [0, 0.05) is 10.6 Å². The minimum absolute atomic E-state index is 0.110. The lowest BCUT2D eigenvalue weighted by Crippen LogP contribution is -1.85. The molecule has 0 spiro atoms. The Morgan fingerprint density at radius 2 is 1.27 bits per heavy atom. The van der Waals surface area contributed by atoms with Crippen LogP contribution in [0.2, 0.25) is 15.1 Å². The fourth-order valence-electron chi connectivity index (χ4n) is 2.13. The number of halogens is 3. The van der Waals surface area contributed by atoms with Crippen LogP contribution in [0.1, 0.15) is 11.1 Å².